The van der Waals surface area contributed by atoms with E-state index in [1.165, 1.54) is 56.3 Å². The van der Waals surface area contributed by atoms with Crippen LogP contribution in [0.4, 0.5) is 13.2 Å². The molecule has 3 rings (SSSR count). The summed E-state index contributed by atoms with van der Waals surface area (Å²) in [6.45, 7) is 0.902. The predicted molar refractivity (Wildman–Crippen MR) is 137 cm³/mol. The number of halogens is 3. The van der Waals surface area contributed by atoms with E-state index in [9.17, 15) is 36.0 Å². The number of nitrogens with zero attached hydrogens (tertiary/aromatic N) is 2. The van der Waals surface area contributed by atoms with Gasteiger partial charge in [-0.1, -0.05) is 18.2 Å². The molecule has 208 valence electrons. The van der Waals surface area contributed by atoms with E-state index in [-0.39, 0.29) is 28.6 Å². The van der Waals surface area contributed by atoms with Gasteiger partial charge in [0.25, 0.3) is 17.4 Å². The number of rotatable bonds is 8. The van der Waals surface area contributed by atoms with Crippen molar-refractivity contribution < 1.29 is 35.9 Å². The molecule has 1 N–H and O–H groups in total. The molecule has 2 aromatic carbocycles. The maximum absolute atomic E-state index is 13.4. The summed E-state index contributed by atoms with van der Waals surface area (Å²) >= 11 is 0. The van der Waals surface area contributed by atoms with E-state index in [1.807, 2.05) is 0 Å². The molecule has 0 aliphatic heterocycles. The maximum atomic E-state index is 13.4. The summed E-state index contributed by atoms with van der Waals surface area (Å²) in [5, 5.41) is 2.55. The third kappa shape index (κ3) is 7.05. The molecule has 0 atom stereocenters. The lowest BCUT2D eigenvalue weighted by atomic mass is 10.1. The van der Waals surface area contributed by atoms with Crippen molar-refractivity contribution in [3.05, 3.63) is 87.3 Å². The first-order valence-corrected chi connectivity index (χ1v) is 13.3. The average Bonchev–Trinajstić information content (AvgIpc) is 2.86. The van der Waals surface area contributed by atoms with Crippen molar-refractivity contribution >= 4 is 21.7 Å². The molecule has 0 radical (unpaired) electrons. The zero-order chi connectivity index (χ0) is 29.1. The van der Waals surface area contributed by atoms with Crippen LogP contribution in [0.1, 0.15) is 27.2 Å². The molecular weight excluding hydrogens is 539 g/mol. The fourth-order valence-electron chi connectivity index (χ4n) is 3.52. The molecule has 13 heteroatoms. The van der Waals surface area contributed by atoms with E-state index in [0.29, 0.717) is 5.56 Å². The minimum atomic E-state index is -4.67. The number of hydrogen-bond donors (Lipinski definition) is 1. The first-order chi connectivity index (χ1) is 18.1. The molecule has 0 saturated carbocycles. The van der Waals surface area contributed by atoms with Gasteiger partial charge < -0.3 is 15.0 Å². The molecule has 9 nitrogen and oxygen atoms in total. The van der Waals surface area contributed by atoms with Gasteiger partial charge in [0.1, 0.15) is 11.3 Å². The van der Waals surface area contributed by atoms with Crippen molar-refractivity contribution in [2.45, 2.75) is 24.5 Å². The van der Waals surface area contributed by atoms with Crippen LogP contribution in [0.15, 0.2) is 64.3 Å². The summed E-state index contributed by atoms with van der Waals surface area (Å²) in [7, 11) is -0.405. The third-order valence-electron chi connectivity index (χ3n) is 5.73. The van der Waals surface area contributed by atoms with Crippen LogP contribution in [0.2, 0.25) is 0 Å². The van der Waals surface area contributed by atoms with Gasteiger partial charge in [0.05, 0.1) is 16.2 Å². The van der Waals surface area contributed by atoms with Gasteiger partial charge in [0.15, 0.2) is 16.4 Å². The van der Waals surface area contributed by atoms with Gasteiger partial charge in [0.2, 0.25) is 0 Å². The zero-order valence-electron chi connectivity index (χ0n) is 21.5. The molecule has 3 aromatic rings. The van der Waals surface area contributed by atoms with Gasteiger partial charge in [-0.05, 0) is 42.8 Å². The summed E-state index contributed by atoms with van der Waals surface area (Å²) in [6, 6.07) is 10.9. The van der Waals surface area contributed by atoms with E-state index in [2.05, 4.69) is 5.32 Å². The molecule has 0 spiro atoms. The highest BCUT2D eigenvalue weighted by molar-refractivity contribution is 7.90. The molecular formula is C26H26F3N3O6S. The van der Waals surface area contributed by atoms with Crippen LogP contribution in [0.3, 0.4) is 0 Å². The number of likely N-dealkylation sites (N-methyl/N-ethyl adjacent to an activating group) is 1. The fourth-order valence-corrected chi connectivity index (χ4v) is 4.15. The molecule has 1 heterocycles. The average molecular weight is 566 g/mol. The molecule has 0 bridgehead atoms. The van der Waals surface area contributed by atoms with Crippen molar-refractivity contribution in [1.29, 1.82) is 0 Å². The number of carbonyl (C=O) groups is 2. The third-order valence-corrected chi connectivity index (χ3v) is 6.86. The van der Waals surface area contributed by atoms with Crippen molar-refractivity contribution in [3.63, 3.8) is 0 Å². The van der Waals surface area contributed by atoms with Crippen molar-refractivity contribution in [2.24, 2.45) is 0 Å². The number of alkyl halides is 3. The van der Waals surface area contributed by atoms with Crippen molar-refractivity contribution in [3.8, 4) is 11.4 Å². The van der Waals surface area contributed by atoms with Gasteiger partial charge in [-0.2, -0.15) is 13.2 Å². The first kappa shape index (κ1) is 29.4. The predicted octanol–water partition coefficient (Wildman–Crippen LogP) is 2.97. The van der Waals surface area contributed by atoms with Gasteiger partial charge in [-0.15, -0.1) is 0 Å². The quantitative estimate of drug-likeness (QED) is 0.449. The largest absolute Gasteiger partial charge is 0.482 e. The minimum absolute atomic E-state index is 0.0510. The Labute approximate surface area is 222 Å². The van der Waals surface area contributed by atoms with Crippen LogP contribution in [0, 0.1) is 6.92 Å². The number of aromatic nitrogens is 1. The Morgan fingerprint density at radius 1 is 1.05 bits per heavy atom. The minimum Gasteiger partial charge on any atom is -0.482 e. The second-order valence-corrected chi connectivity index (χ2v) is 10.9. The second-order valence-electron chi connectivity index (χ2n) is 8.87. The second kappa shape index (κ2) is 11.3. The summed E-state index contributed by atoms with van der Waals surface area (Å²) in [6.07, 6.45) is -3.62. The number of pyridine rings is 1. The number of benzene rings is 2. The van der Waals surface area contributed by atoms with Crippen molar-refractivity contribution in [2.75, 3.05) is 27.0 Å². The molecule has 0 fully saturated rings. The van der Waals surface area contributed by atoms with Gasteiger partial charge in [-0.3, -0.25) is 19.0 Å². The summed E-state index contributed by atoms with van der Waals surface area (Å²) < 4.78 is 69.8. The maximum Gasteiger partial charge on any atom is 0.416 e. The molecule has 39 heavy (non-hydrogen) atoms. The zero-order valence-corrected chi connectivity index (χ0v) is 22.3. The first-order valence-electron chi connectivity index (χ1n) is 11.4. The Morgan fingerprint density at radius 2 is 1.69 bits per heavy atom. The van der Waals surface area contributed by atoms with E-state index < -0.39 is 51.1 Å². The highest BCUT2D eigenvalue weighted by atomic mass is 32.2. The van der Waals surface area contributed by atoms with E-state index in [0.717, 1.165) is 35.1 Å². The van der Waals surface area contributed by atoms with Crippen LogP contribution in [-0.2, 0) is 27.4 Å². The number of hydrogen-bond acceptors (Lipinski definition) is 6. The van der Waals surface area contributed by atoms with Crippen LogP contribution < -0.4 is 15.6 Å². The smallest absolute Gasteiger partial charge is 0.416 e. The lowest BCUT2D eigenvalue weighted by Crippen LogP contribution is -2.34. The molecule has 0 aliphatic carbocycles. The number of ether oxygens (including phenoxy) is 1. The molecule has 1 aromatic heterocycles. The highest BCUT2D eigenvalue weighted by Gasteiger charge is 2.31. The fraction of sp³-hybridized carbons (Fsp3) is 0.269. The number of amides is 2. The number of carbonyl (C=O) groups excluding carboxylic acids is 2. The lowest BCUT2D eigenvalue weighted by molar-refractivity contribution is -0.137. The van der Waals surface area contributed by atoms with Gasteiger partial charge >= 0.3 is 6.18 Å². The summed E-state index contributed by atoms with van der Waals surface area (Å²) in [5.41, 5.74) is -1.86. The lowest BCUT2D eigenvalue weighted by Gasteiger charge is -2.19. The Kier molecular flexibility index (Phi) is 8.54. The van der Waals surface area contributed by atoms with Crippen molar-refractivity contribution in [1.82, 2.24) is 14.8 Å². The molecule has 0 saturated heterocycles. The molecule has 0 aliphatic rings. The monoisotopic (exact) mass is 565 g/mol. The van der Waals surface area contributed by atoms with Crippen LogP contribution in [0.5, 0.6) is 5.75 Å². The standard InChI is InChI=1S/C26H26F3N3O6S/c1-16-22(38-15-23(33)31(2)3)13-21(24(34)30-14-17-8-10-20(11-9-17)39(4,36)37)25(35)32(16)19-7-5-6-18(12-19)26(27,28)29/h5-13H,14-15H2,1-4H3,(H,30,34). The van der Waals surface area contributed by atoms with Crippen LogP contribution in [-0.4, -0.2) is 56.7 Å². The molecule has 2 amide bonds. The normalized spacial score (nSPS) is 11.7. The number of sulfone groups is 1. The van der Waals surface area contributed by atoms with Crippen LogP contribution >= 0.6 is 0 Å². The van der Waals surface area contributed by atoms with Gasteiger partial charge in [0, 0.05) is 38.6 Å². The summed E-state index contributed by atoms with van der Waals surface area (Å²) in [4.78, 5) is 39.9. The Morgan fingerprint density at radius 3 is 2.26 bits per heavy atom. The molecule has 0 unspecified atom stereocenters. The van der Waals surface area contributed by atoms with E-state index >= 15 is 0 Å². The number of nitrogens with one attached hydrogen (secondary N) is 1. The summed E-state index contributed by atoms with van der Waals surface area (Å²) in [5.74, 6) is -1.32. The van der Waals surface area contributed by atoms with E-state index in [4.69, 9.17) is 4.74 Å². The van der Waals surface area contributed by atoms with E-state index in [1.54, 1.807) is 0 Å². The Balaban J connectivity index is 2.02. The van der Waals surface area contributed by atoms with Gasteiger partial charge in [-0.25, -0.2) is 8.42 Å². The SMILES string of the molecule is Cc1c(OCC(=O)N(C)C)cc(C(=O)NCc2ccc(S(C)(=O)=O)cc2)c(=O)n1-c1cccc(C(F)(F)F)c1. The Hall–Kier alpha value is -4.13. The topological polar surface area (TPSA) is 115 Å². The highest BCUT2D eigenvalue weighted by Crippen LogP contribution is 2.31. The Bertz CT molecular complexity index is 1560. The van der Waals surface area contributed by atoms with Crippen LogP contribution in [0.25, 0.3) is 5.69 Å².